The molecule has 0 aromatic carbocycles. The van der Waals surface area contributed by atoms with Gasteiger partial charge in [0.2, 0.25) is 5.91 Å². The molecule has 2 amide bonds. The van der Waals surface area contributed by atoms with E-state index in [0.717, 1.165) is 16.0 Å². The summed E-state index contributed by atoms with van der Waals surface area (Å²) in [5.74, 6) is 0.122. The molecular weight excluding hydrogens is 388 g/mol. The Labute approximate surface area is 173 Å². The Morgan fingerprint density at radius 1 is 1.24 bits per heavy atom. The van der Waals surface area contributed by atoms with E-state index in [1.807, 2.05) is 45.9 Å². The summed E-state index contributed by atoms with van der Waals surface area (Å²) in [6, 6.07) is 5.50. The van der Waals surface area contributed by atoms with Gasteiger partial charge in [-0.3, -0.25) is 14.6 Å². The fourth-order valence-corrected chi connectivity index (χ4v) is 3.83. The van der Waals surface area contributed by atoms with Gasteiger partial charge < -0.3 is 14.7 Å². The van der Waals surface area contributed by atoms with Crippen LogP contribution in [0.3, 0.4) is 0 Å². The Bertz CT molecular complexity index is 1020. The molecule has 3 rings (SSSR count). The quantitative estimate of drug-likeness (QED) is 0.653. The van der Waals surface area contributed by atoms with Gasteiger partial charge in [0.05, 0.1) is 12.1 Å². The molecule has 3 aromatic rings. The maximum absolute atomic E-state index is 13.1. The summed E-state index contributed by atoms with van der Waals surface area (Å²) in [7, 11) is 1.71. The first-order valence-corrected chi connectivity index (χ1v) is 10.1. The number of nitrogens with one attached hydrogen (secondary N) is 1. The van der Waals surface area contributed by atoms with E-state index < -0.39 is 0 Å². The number of aryl methyl sites for hydroxylation is 1. The number of pyridine rings is 1. The van der Waals surface area contributed by atoms with Crippen molar-refractivity contribution in [3.8, 4) is 11.3 Å². The molecule has 3 aromatic heterocycles. The van der Waals surface area contributed by atoms with Gasteiger partial charge in [-0.1, -0.05) is 19.0 Å². The molecule has 0 saturated heterocycles. The highest BCUT2D eigenvalue weighted by atomic mass is 32.1. The highest BCUT2D eigenvalue weighted by molar-refractivity contribution is 7.16. The van der Waals surface area contributed by atoms with Crippen molar-refractivity contribution in [1.29, 1.82) is 0 Å². The van der Waals surface area contributed by atoms with Crippen LogP contribution in [0.25, 0.3) is 11.3 Å². The van der Waals surface area contributed by atoms with E-state index in [4.69, 9.17) is 4.52 Å². The molecule has 1 N–H and O–H groups in total. The molecule has 7 nitrogen and oxygen atoms in total. The lowest BCUT2D eigenvalue weighted by atomic mass is 10.1. The van der Waals surface area contributed by atoms with Crippen molar-refractivity contribution in [1.82, 2.24) is 15.0 Å². The molecule has 29 heavy (non-hydrogen) atoms. The van der Waals surface area contributed by atoms with Crippen molar-refractivity contribution < 1.29 is 14.1 Å². The summed E-state index contributed by atoms with van der Waals surface area (Å²) < 4.78 is 5.41. The number of rotatable bonds is 6. The van der Waals surface area contributed by atoms with Crippen molar-refractivity contribution in [3.63, 3.8) is 0 Å². The molecule has 0 aliphatic carbocycles. The Hall–Kier alpha value is -3.00. The topological polar surface area (TPSA) is 88.3 Å². The number of nitrogens with zero attached hydrogens (tertiary/aromatic N) is 3. The minimum atomic E-state index is -0.173. The Morgan fingerprint density at radius 2 is 1.93 bits per heavy atom. The molecule has 0 bridgehead atoms. The Kier molecular flexibility index (Phi) is 6.12. The van der Waals surface area contributed by atoms with Gasteiger partial charge in [-0.05, 0) is 31.5 Å². The molecule has 0 unspecified atom stereocenters. The summed E-state index contributed by atoms with van der Waals surface area (Å²) in [4.78, 5) is 31.9. The lowest BCUT2D eigenvalue weighted by Gasteiger charge is -2.17. The number of carbonyl (C=O) groups excluding carboxylic acids is 2. The van der Waals surface area contributed by atoms with E-state index in [1.165, 1.54) is 11.3 Å². The van der Waals surface area contributed by atoms with Crippen LogP contribution in [-0.2, 0) is 11.3 Å². The van der Waals surface area contributed by atoms with Crippen molar-refractivity contribution in [3.05, 3.63) is 52.4 Å². The summed E-state index contributed by atoms with van der Waals surface area (Å²) in [5.41, 5.74) is 2.99. The maximum atomic E-state index is 13.1. The van der Waals surface area contributed by atoms with Gasteiger partial charge in [-0.2, -0.15) is 0 Å². The van der Waals surface area contributed by atoms with E-state index in [0.29, 0.717) is 22.0 Å². The van der Waals surface area contributed by atoms with E-state index in [-0.39, 0.29) is 24.3 Å². The maximum Gasteiger partial charge on any atom is 0.257 e. The van der Waals surface area contributed by atoms with Crippen LogP contribution in [0.15, 0.2) is 35.1 Å². The SMILES string of the molecule is Cc1sc(NC(=O)C(C)C)c(C(=O)N(C)Cc2cc(-c3ccncc3)no2)c1C. The van der Waals surface area contributed by atoms with Gasteiger partial charge in [0.15, 0.2) is 5.76 Å². The highest BCUT2D eigenvalue weighted by Gasteiger charge is 2.25. The number of hydrogen-bond donors (Lipinski definition) is 1. The first-order chi connectivity index (χ1) is 13.8. The molecule has 0 aliphatic rings. The van der Waals surface area contributed by atoms with Crippen molar-refractivity contribution in [2.75, 3.05) is 12.4 Å². The van der Waals surface area contributed by atoms with E-state index in [1.54, 1.807) is 24.3 Å². The third-order valence-electron chi connectivity index (χ3n) is 4.64. The average Bonchev–Trinajstić information content (AvgIpc) is 3.26. The number of thiophene rings is 1. The number of anilines is 1. The molecule has 3 heterocycles. The van der Waals surface area contributed by atoms with E-state index in [9.17, 15) is 9.59 Å². The molecule has 0 radical (unpaired) electrons. The van der Waals surface area contributed by atoms with Crippen LogP contribution in [0.5, 0.6) is 0 Å². The lowest BCUT2D eigenvalue weighted by Crippen LogP contribution is -2.28. The third kappa shape index (κ3) is 4.54. The molecule has 0 saturated carbocycles. The second kappa shape index (κ2) is 8.57. The predicted octanol–water partition coefficient (Wildman–Crippen LogP) is 4.28. The normalized spacial score (nSPS) is 11.0. The first kappa shape index (κ1) is 20.7. The molecule has 0 atom stereocenters. The molecule has 0 fully saturated rings. The van der Waals surface area contributed by atoms with Crippen LogP contribution in [-0.4, -0.2) is 33.9 Å². The largest absolute Gasteiger partial charge is 0.359 e. The van der Waals surface area contributed by atoms with Crippen molar-refractivity contribution in [2.45, 2.75) is 34.2 Å². The minimum absolute atomic E-state index is 0.111. The van der Waals surface area contributed by atoms with Gasteiger partial charge in [0.1, 0.15) is 10.7 Å². The van der Waals surface area contributed by atoms with Gasteiger partial charge in [0.25, 0.3) is 5.91 Å². The zero-order valence-corrected chi connectivity index (χ0v) is 18.0. The fraction of sp³-hybridized carbons (Fsp3) is 0.333. The highest BCUT2D eigenvalue weighted by Crippen LogP contribution is 2.34. The number of hydrogen-bond acceptors (Lipinski definition) is 6. The number of carbonyl (C=O) groups is 2. The van der Waals surface area contributed by atoms with Crippen molar-refractivity contribution >= 4 is 28.2 Å². The zero-order chi connectivity index (χ0) is 21.1. The van der Waals surface area contributed by atoms with E-state index in [2.05, 4.69) is 15.5 Å². The predicted molar refractivity (Wildman–Crippen MR) is 113 cm³/mol. The van der Waals surface area contributed by atoms with Gasteiger partial charge in [-0.15, -0.1) is 11.3 Å². The molecule has 8 heteroatoms. The smallest absolute Gasteiger partial charge is 0.257 e. The number of amides is 2. The van der Waals surface area contributed by atoms with E-state index >= 15 is 0 Å². The molecule has 152 valence electrons. The molecular formula is C21H24N4O3S. The van der Waals surface area contributed by atoms with Gasteiger partial charge >= 0.3 is 0 Å². The lowest BCUT2D eigenvalue weighted by molar-refractivity contribution is -0.118. The monoisotopic (exact) mass is 412 g/mol. The van der Waals surface area contributed by atoms with Crippen molar-refractivity contribution in [2.24, 2.45) is 5.92 Å². The fourth-order valence-electron chi connectivity index (χ4n) is 2.77. The Balaban J connectivity index is 1.79. The zero-order valence-electron chi connectivity index (χ0n) is 17.1. The summed E-state index contributed by atoms with van der Waals surface area (Å²) in [5, 5.41) is 7.55. The first-order valence-electron chi connectivity index (χ1n) is 9.30. The second-order valence-corrected chi connectivity index (χ2v) is 8.43. The van der Waals surface area contributed by atoms with Crippen LogP contribution in [0.4, 0.5) is 5.00 Å². The minimum Gasteiger partial charge on any atom is -0.359 e. The summed E-state index contributed by atoms with van der Waals surface area (Å²) >= 11 is 1.42. The Morgan fingerprint density at radius 3 is 2.59 bits per heavy atom. The van der Waals surface area contributed by atoms with Crippen LogP contribution >= 0.6 is 11.3 Å². The standard InChI is InChI=1S/C21H24N4O3S/c1-12(2)19(26)23-20-18(13(3)14(4)29-20)21(27)25(5)11-16-10-17(24-28-16)15-6-8-22-9-7-15/h6-10,12H,11H2,1-5H3,(H,23,26). The number of aromatic nitrogens is 2. The molecule has 0 aliphatic heterocycles. The van der Waals surface area contributed by atoms with Crippen LogP contribution < -0.4 is 5.32 Å². The third-order valence-corrected chi connectivity index (χ3v) is 5.76. The van der Waals surface area contributed by atoms with Gasteiger partial charge in [0, 0.05) is 41.9 Å². The van der Waals surface area contributed by atoms with Crippen LogP contribution in [0, 0.1) is 19.8 Å². The second-order valence-electron chi connectivity index (χ2n) is 7.21. The average molecular weight is 413 g/mol. The molecule has 0 spiro atoms. The summed E-state index contributed by atoms with van der Waals surface area (Å²) in [6.07, 6.45) is 3.38. The summed E-state index contributed by atoms with van der Waals surface area (Å²) in [6.45, 7) is 7.75. The van der Waals surface area contributed by atoms with Crippen LogP contribution in [0.2, 0.25) is 0 Å². The van der Waals surface area contributed by atoms with Gasteiger partial charge in [-0.25, -0.2) is 0 Å². The van der Waals surface area contributed by atoms with Crippen LogP contribution in [0.1, 0.15) is 40.4 Å².